The summed E-state index contributed by atoms with van der Waals surface area (Å²) in [4.78, 5) is 11.0. The monoisotopic (exact) mass is 238 g/mol. The number of carbonyl (C=O) groups excluding carboxylic acids is 1. The van der Waals surface area contributed by atoms with Crippen LogP contribution in [0.25, 0.3) is 0 Å². The van der Waals surface area contributed by atoms with E-state index >= 15 is 0 Å². The Morgan fingerprint density at radius 2 is 2.35 bits per heavy atom. The van der Waals surface area contributed by atoms with E-state index in [-0.39, 0.29) is 12.0 Å². The summed E-state index contributed by atoms with van der Waals surface area (Å²) >= 11 is 0. The quantitative estimate of drug-likeness (QED) is 0.736. The number of aryl methyl sites for hydroxylation is 1. The van der Waals surface area contributed by atoms with Gasteiger partial charge in [-0.05, 0) is 25.0 Å². The molecule has 0 aliphatic carbocycles. The summed E-state index contributed by atoms with van der Waals surface area (Å²) in [5.41, 5.74) is 7.25. The van der Waals surface area contributed by atoms with Gasteiger partial charge in [0.1, 0.15) is 0 Å². The van der Waals surface area contributed by atoms with Gasteiger partial charge in [-0.3, -0.25) is 4.79 Å². The molecular formula is C13H22N2O2. The van der Waals surface area contributed by atoms with Crippen molar-refractivity contribution < 1.29 is 9.53 Å². The van der Waals surface area contributed by atoms with Gasteiger partial charge in [0.2, 0.25) is 0 Å². The largest absolute Gasteiger partial charge is 0.469 e. The van der Waals surface area contributed by atoms with Crippen LogP contribution in [-0.4, -0.2) is 23.7 Å². The molecule has 4 nitrogen and oxygen atoms in total. The van der Waals surface area contributed by atoms with Crippen LogP contribution < -0.4 is 5.73 Å². The molecule has 0 bridgehead atoms. The van der Waals surface area contributed by atoms with Crippen LogP contribution in [0, 0.1) is 0 Å². The minimum atomic E-state index is -0.190. The molecule has 0 fully saturated rings. The summed E-state index contributed by atoms with van der Waals surface area (Å²) in [6, 6.07) is 4.14. The summed E-state index contributed by atoms with van der Waals surface area (Å²) in [6.45, 7) is 3.17. The molecule has 17 heavy (non-hydrogen) atoms. The molecular weight excluding hydrogens is 216 g/mol. The Hall–Kier alpha value is -1.29. The van der Waals surface area contributed by atoms with Crippen LogP contribution >= 0.6 is 0 Å². The second-order valence-corrected chi connectivity index (χ2v) is 4.27. The molecule has 0 aliphatic rings. The van der Waals surface area contributed by atoms with Crippen molar-refractivity contribution in [2.75, 3.05) is 7.11 Å². The Morgan fingerprint density at radius 3 is 3.00 bits per heavy atom. The highest BCUT2D eigenvalue weighted by atomic mass is 16.5. The lowest BCUT2D eigenvalue weighted by Crippen LogP contribution is -2.25. The lowest BCUT2D eigenvalue weighted by atomic mass is 10.1. The molecule has 0 aliphatic heterocycles. The minimum Gasteiger partial charge on any atom is -0.469 e. The summed E-state index contributed by atoms with van der Waals surface area (Å²) in [6.07, 6.45) is 5.06. The zero-order chi connectivity index (χ0) is 12.7. The Bertz CT molecular complexity index is 347. The maximum Gasteiger partial charge on any atom is 0.305 e. The first kappa shape index (κ1) is 13.8. The lowest BCUT2D eigenvalue weighted by molar-refractivity contribution is -0.140. The number of rotatable bonds is 7. The molecule has 0 aromatic carbocycles. The standard InChI is InChI=1S/C13H22N2O2/c1-3-8-15-9-4-5-12(15)10-11(14)6-7-13(16)17-2/h4-5,9,11H,3,6-8,10,14H2,1-2H3. The van der Waals surface area contributed by atoms with Crippen molar-refractivity contribution >= 4 is 5.97 Å². The molecule has 0 saturated carbocycles. The first-order valence-corrected chi connectivity index (χ1v) is 6.13. The number of nitrogens with two attached hydrogens (primary N) is 1. The second-order valence-electron chi connectivity index (χ2n) is 4.27. The van der Waals surface area contributed by atoms with Gasteiger partial charge in [-0.1, -0.05) is 6.92 Å². The molecule has 1 atom stereocenters. The van der Waals surface area contributed by atoms with Gasteiger partial charge in [-0.25, -0.2) is 0 Å². The first-order chi connectivity index (χ1) is 8.17. The van der Waals surface area contributed by atoms with Crippen LogP contribution in [0.5, 0.6) is 0 Å². The van der Waals surface area contributed by atoms with Gasteiger partial charge in [0.15, 0.2) is 0 Å². The zero-order valence-corrected chi connectivity index (χ0v) is 10.7. The number of hydrogen-bond donors (Lipinski definition) is 1. The van der Waals surface area contributed by atoms with Crippen molar-refractivity contribution in [3.05, 3.63) is 24.0 Å². The smallest absolute Gasteiger partial charge is 0.305 e. The lowest BCUT2D eigenvalue weighted by Gasteiger charge is -2.13. The van der Waals surface area contributed by atoms with Crippen LogP contribution in [0.2, 0.25) is 0 Å². The topological polar surface area (TPSA) is 57.2 Å². The fourth-order valence-electron chi connectivity index (χ4n) is 1.87. The fraction of sp³-hybridized carbons (Fsp3) is 0.615. The molecule has 1 aromatic rings. The van der Waals surface area contributed by atoms with Crippen molar-refractivity contribution in [1.82, 2.24) is 4.57 Å². The Kier molecular flexibility index (Phi) is 5.77. The van der Waals surface area contributed by atoms with Crippen LogP contribution in [0.4, 0.5) is 0 Å². The molecule has 96 valence electrons. The summed E-state index contributed by atoms with van der Waals surface area (Å²) in [5, 5.41) is 0. The molecule has 0 saturated heterocycles. The number of carbonyl (C=O) groups is 1. The van der Waals surface area contributed by atoms with Crippen molar-refractivity contribution in [1.29, 1.82) is 0 Å². The molecule has 1 rings (SSSR count). The average Bonchev–Trinajstić information content (AvgIpc) is 2.74. The first-order valence-electron chi connectivity index (χ1n) is 6.13. The van der Waals surface area contributed by atoms with Crippen molar-refractivity contribution in [2.45, 2.75) is 45.2 Å². The number of nitrogens with zero attached hydrogens (tertiary/aromatic N) is 1. The van der Waals surface area contributed by atoms with E-state index in [4.69, 9.17) is 5.73 Å². The van der Waals surface area contributed by atoms with Gasteiger partial charge >= 0.3 is 5.97 Å². The van der Waals surface area contributed by atoms with E-state index in [0.29, 0.717) is 12.8 Å². The van der Waals surface area contributed by atoms with Gasteiger partial charge in [-0.15, -0.1) is 0 Å². The number of esters is 1. The second kappa shape index (κ2) is 7.12. The Morgan fingerprint density at radius 1 is 1.59 bits per heavy atom. The van der Waals surface area contributed by atoms with E-state index in [1.54, 1.807) is 0 Å². The zero-order valence-electron chi connectivity index (χ0n) is 10.7. The molecule has 2 N–H and O–H groups in total. The molecule has 4 heteroatoms. The third-order valence-corrected chi connectivity index (χ3v) is 2.81. The Balaban J connectivity index is 2.41. The Labute approximate surface area is 103 Å². The highest BCUT2D eigenvalue weighted by Crippen LogP contribution is 2.09. The molecule has 1 heterocycles. The van der Waals surface area contributed by atoms with Crippen LogP contribution in [0.15, 0.2) is 18.3 Å². The van der Waals surface area contributed by atoms with E-state index in [1.807, 2.05) is 6.07 Å². The van der Waals surface area contributed by atoms with Crippen LogP contribution in [0.3, 0.4) is 0 Å². The SMILES string of the molecule is CCCn1cccc1CC(N)CCC(=O)OC. The van der Waals surface area contributed by atoms with E-state index in [1.165, 1.54) is 12.8 Å². The number of hydrogen-bond acceptors (Lipinski definition) is 3. The van der Waals surface area contributed by atoms with E-state index < -0.39 is 0 Å². The average molecular weight is 238 g/mol. The van der Waals surface area contributed by atoms with Gasteiger partial charge in [0.25, 0.3) is 0 Å². The van der Waals surface area contributed by atoms with E-state index in [9.17, 15) is 4.79 Å². The van der Waals surface area contributed by atoms with Crippen molar-refractivity contribution in [3.8, 4) is 0 Å². The number of methoxy groups -OCH3 is 1. The maximum atomic E-state index is 11.0. The predicted octanol–water partition coefficient (Wildman–Crippen LogP) is 1.72. The summed E-state index contributed by atoms with van der Waals surface area (Å²) < 4.78 is 6.82. The molecule has 0 amide bonds. The fourth-order valence-corrected chi connectivity index (χ4v) is 1.87. The molecule has 0 radical (unpaired) electrons. The highest BCUT2D eigenvalue weighted by molar-refractivity contribution is 5.69. The predicted molar refractivity (Wildman–Crippen MR) is 67.7 cm³/mol. The number of ether oxygens (including phenoxy) is 1. The van der Waals surface area contributed by atoms with Crippen LogP contribution in [0.1, 0.15) is 31.9 Å². The number of aromatic nitrogens is 1. The van der Waals surface area contributed by atoms with Crippen molar-refractivity contribution in [2.24, 2.45) is 5.73 Å². The maximum absolute atomic E-state index is 11.0. The summed E-state index contributed by atoms with van der Waals surface area (Å²) in [5.74, 6) is -0.190. The van der Waals surface area contributed by atoms with Gasteiger partial charge < -0.3 is 15.0 Å². The van der Waals surface area contributed by atoms with Gasteiger partial charge in [0, 0.05) is 37.3 Å². The highest BCUT2D eigenvalue weighted by Gasteiger charge is 2.10. The third-order valence-electron chi connectivity index (χ3n) is 2.81. The van der Waals surface area contributed by atoms with Crippen molar-refractivity contribution in [3.63, 3.8) is 0 Å². The van der Waals surface area contributed by atoms with E-state index in [0.717, 1.165) is 19.4 Å². The molecule has 1 aromatic heterocycles. The third kappa shape index (κ3) is 4.61. The van der Waals surface area contributed by atoms with E-state index in [2.05, 4.69) is 28.5 Å². The molecule has 0 spiro atoms. The van der Waals surface area contributed by atoms with Gasteiger partial charge in [-0.2, -0.15) is 0 Å². The van der Waals surface area contributed by atoms with Gasteiger partial charge in [0.05, 0.1) is 7.11 Å². The normalized spacial score (nSPS) is 12.4. The summed E-state index contributed by atoms with van der Waals surface area (Å²) in [7, 11) is 1.40. The van der Waals surface area contributed by atoms with Crippen LogP contribution in [-0.2, 0) is 22.5 Å². The molecule has 1 unspecified atom stereocenters. The minimum absolute atomic E-state index is 0.0135.